The largest absolute Gasteiger partial charge is 0.452 e. The monoisotopic (exact) mass is 384 g/mol. The lowest BCUT2D eigenvalue weighted by atomic mass is 10.2. The molecular formula is C15H16N2O6S2. The van der Waals surface area contributed by atoms with Gasteiger partial charge in [-0.25, -0.2) is 13.2 Å². The van der Waals surface area contributed by atoms with Crippen molar-refractivity contribution in [2.75, 3.05) is 29.2 Å². The van der Waals surface area contributed by atoms with Gasteiger partial charge >= 0.3 is 5.97 Å². The Morgan fingerprint density at radius 2 is 2.16 bits per heavy atom. The Morgan fingerprint density at radius 3 is 2.88 bits per heavy atom. The molecular weight excluding hydrogens is 368 g/mol. The number of carbonyl (C=O) groups is 3. The molecule has 1 atom stereocenters. The fraction of sp³-hybridized carbons (Fsp3) is 0.400. The second kappa shape index (κ2) is 7.04. The van der Waals surface area contributed by atoms with Crippen molar-refractivity contribution in [2.24, 2.45) is 0 Å². The number of nitrogens with one attached hydrogen (secondary N) is 2. The Morgan fingerprint density at radius 1 is 1.36 bits per heavy atom. The maximum Gasteiger partial charge on any atom is 0.338 e. The third-order valence-electron chi connectivity index (χ3n) is 3.78. The van der Waals surface area contributed by atoms with Crippen LogP contribution in [0.25, 0.3) is 0 Å². The van der Waals surface area contributed by atoms with E-state index in [9.17, 15) is 22.8 Å². The molecule has 1 aromatic rings. The van der Waals surface area contributed by atoms with Crippen LogP contribution in [0.15, 0.2) is 23.1 Å². The van der Waals surface area contributed by atoms with Gasteiger partial charge in [-0.05, 0) is 24.6 Å². The van der Waals surface area contributed by atoms with Crippen molar-refractivity contribution in [3.05, 3.63) is 23.8 Å². The van der Waals surface area contributed by atoms with Crippen LogP contribution in [0.5, 0.6) is 0 Å². The molecule has 2 aliphatic rings. The molecule has 2 amide bonds. The van der Waals surface area contributed by atoms with Gasteiger partial charge in [-0.3, -0.25) is 9.59 Å². The molecule has 8 nitrogen and oxygen atoms in total. The van der Waals surface area contributed by atoms with Gasteiger partial charge in [0.05, 0.1) is 28.5 Å². The Hall–Kier alpha value is -2.07. The first kappa shape index (κ1) is 17.7. The molecule has 10 heteroatoms. The molecule has 2 N–H and O–H groups in total. The second-order valence-corrected chi connectivity index (χ2v) is 9.04. The molecule has 134 valence electrons. The lowest BCUT2D eigenvalue weighted by Crippen LogP contribution is -2.38. The molecule has 0 unspecified atom stereocenters. The number of esters is 1. The Balaban J connectivity index is 1.53. The number of ether oxygens (including phenoxy) is 1. The van der Waals surface area contributed by atoms with Gasteiger partial charge in [-0.15, -0.1) is 11.8 Å². The van der Waals surface area contributed by atoms with E-state index < -0.39 is 34.4 Å². The number of hydrogen-bond donors (Lipinski definition) is 2. The molecule has 25 heavy (non-hydrogen) atoms. The first-order chi connectivity index (χ1) is 11.8. The predicted molar refractivity (Wildman–Crippen MR) is 91.3 cm³/mol. The van der Waals surface area contributed by atoms with Crippen LogP contribution in [0.4, 0.5) is 5.69 Å². The van der Waals surface area contributed by atoms with Gasteiger partial charge in [0.25, 0.3) is 5.91 Å². The van der Waals surface area contributed by atoms with Gasteiger partial charge in [0.1, 0.15) is 0 Å². The summed E-state index contributed by atoms with van der Waals surface area (Å²) < 4.78 is 27.6. The molecule has 3 rings (SSSR count). The topological polar surface area (TPSA) is 119 Å². The number of sulfone groups is 1. The summed E-state index contributed by atoms with van der Waals surface area (Å²) in [5.74, 6) is -1.09. The van der Waals surface area contributed by atoms with Crippen LogP contribution in [0.2, 0.25) is 0 Å². The highest BCUT2D eigenvalue weighted by Crippen LogP contribution is 2.32. The van der Waals surface area contributed by atoms with Crippen molar-refractivity contribution in [2.45, 2.75) is 17.4 Å². The van der Waals surface area contributed by atoms with Crippen LogP contribution < -0.4 is 10.6 Å². The van der Waals surface area contributed by atoms with Gasteiger partial charge in [0, 0.05) is 10.9 Å². The van der Waals surface area contributed by atoms with Crippen molar-refractivity contribution < 1.29 is 27.5 Å². The van der Waals surface area contributed by atoms with Crippen LogP contribution in [0.3, 0.4) is 0 Å². The van der Waals surface area contributed by atoms with E-state index in [1.54, 1.807) is 12.1 Å². The summed E-state index contributed by atoms with van der Waals surface area (Å²) in [7, 11) is -3.09. The van der Waals surface area contributed by atoms with Crippen LogP contribution in [-0.2, 0) is 24.2 Å². The minimum absolute atomic E-state index is 0.0522. The van der Waals surface area contributed by atoms with Gasteiger partial charge in [-0.1, -0.05) is 0 Å². The van der Waals surface area contributed by atoms with Crippen LogP contribution >= 0.6 is 11.8 Å². The maximum atomic E-state index is 12.0. The van der Waals surface area contributed by atoms with Crippen molar-refractivity contribution in [3.8, 4) is 0 Å². The number of amides is 2. The summed E-state index contributed by atoms with van der Waals surface area (Å²) in [5, 5.41) is 5.21. The highest BCUT2D eigenvalue weighted by Gasteiger charge is 2.29. The summed E-state index contributed by atoms with van der Waals surface area (Å²) in [6, 6.07) is 4.34. The second-order valence-electron chi connectivity index (χ2n) is 5.79. The summed E-state index contributed by atoms with van der Waals surface area (Å²) >= 11 is 1.38. The van der Waals surface area contributed by atoms with Crippen LogP contribution in [0.1, 0.15) is 16.8 Å². The molecule has 1 saturated heterocycles. The molecule has 0 aromatic heterocycles. The minimum atomic E-state index is -3.09. The van der Waals surface area contributed by atoms with E-state index in [0.29, 0.717) is 17.9 Å². The van der Waals surface area contributed by atoms with Gasteiger partial charge < -0.3 is 15.4 Å². The summed E-state index contributed by atoms with van der Waals surface area (Å²) in [6.45, 7) is -0.492. The van der Waals surface area contributed by atoms with Gasteiger partial charge in [0.15, 0.2) is 16.4 Å². The number of rotatable bonds is 4. The van der Waals surface area contributed by atoms with E-state index >= 15 is 0 Å². The smallest absolute Gasteiger partial charge is 0.338 e. The fourth-order valence-corrected chi connectivity index (χ4v) is 5.06. The zero-order valence-corrected chi connectivity index (χ0v) is 14.7. The first-order valence-corrected chi connectivity index (χ1v) is 10.4. The number of anilines is 1. The Labute approximate surface area is 148 Å². The summed E-state index contributed by atoms with van der Waals surface area (Å²) in [4.78, 5) is 36.1. The van der Waals surface area contributed by atoms with Crippen molar-refractivity contribution in [1.82, 2.24) is 5.32 Å². The Bertz CT molecular complexity index is 836. The number of benzene rings is 1. The van der Waals surface area contributed by atoms with Crippen molar-refractivity contribution in [3.63, 3.8) is 0 Å². The van der Waals surface area contributed by atoms with Gasteiger partial charge in [0.2, 0.25) is 5.91 Å². The lowest BCUT2D eigenvalue weighted by Gasteiger charge is -2.16. The quantitative estimate of drug-likeness (QED) is 0.711. The average molecular weight is 384 g/mol. The minimum Gasteiger partial charge on any atom is -0.452 e. The van der Waals surface area contributed by atoms with Crippen molar-refractivity contribution >= 4 is 45.1 Å². The van der Waals surface area contributed by atoms with E-state index in [1.165, 1.54) is 17.8 Å². The first-order valence-electron chi connectivity index (χ1n) is 7.56. The SMILES string of the molecule is O=C1CSc2ccc(C(=O)OCC(=O)N[C@H]3CCS(=O)(=O)C3)cc2N1. The predicted octanol–water partition coefficient (Wildman–Crippen LogP) is 0.191. The third-order valence-corrected chi connectivity index (χ3v) is 6.62. The standard InChI is InChI=1S/C15H16N2O6S2/c18-13(16-10-3-4-25(21,22)8-10)6-23-15(20)9-1-2-12-11(5-9)17-14(19)7-24-12/h1-2,5,10H,3-4,6-8H2,(H,16,18)(H,17,19)/t10-/m0/s1. The van der Waals surface area contributed by atoms with Crippen molar-refractivity contribution in [1.29, 1.82) is 0 Å². The maximum absolute atomic E-state index is 12.0. The highest BCUT2D eigenvalue weighted by atomic mass is 32.2. The zero-order valence-electron chi connectivity index (χ0n) is 13.1. The number of carbonyl (C=O) groups excluding carboxylic acids is 3. The normalized spacial score (nSPS) is 21.1. The lowest BCUT2D eigenvalue weighted by molar-refractivity contribution is -0.124. The highest BCUT2D eigenvalue weighted by molar-refractivity contribution is 8.00. The molecule has 1 aromatic carbocycles. The van der Waals surface area contributed by atoms with E-state index in [-0.39, 0.29) is 23.0 Å². The van der Waals surface area contributed by atoms with E-state index in [0.717, 1.165) is 4.90 Å². The average Bonchev–Trinajstić information content (AvgIpc) is 2.90. The molecule has 0 radical (unpaired) electrons. The van der Waals surface area contributed by atoms with E-state index in [2.05, 4.69) is 10.6 Å². The van der Waals surface area contributed by atoms with Crippen LogP contribution in [0, 0.1) is 0 Å². The number of thioether (sulfide) groups is 1. The third kappa shape index (κ3) is 4.51. The van der Waals surface area contributed by atoms with E-state index in [4.69, 9.17) is 4.74 Å². The van der Waals surface area contributed by atoms with Gasteiger partial charge in [-0.2, -0.15) is 0 Å². The number of fused-ring (bicyclic) bond motifs is 1. The Kier molecular flexibility index (Phi) is 5.00. The number of hydrogen-bond acceptors (Lipinski definition) is 7. The molecule has 1 fully saturated rings. The fourth-order valence-electron chi connectivity index (χ4n) is 2.60. The van der Waals surface area contributed by atoms with Crippen LogP contribution in [-0.4, -0.2) is 56.1 Å². The summed E-state index contributed by atoms with van der Waals surface area (Å²) in [5.41, 5.74) is 0.758. The molecule has 2 heterocycles. The van der Waals surface area contributed by atoms with E-state index in [1.807, 2.05) is 0 Å². The summed E-state index contributed by atoms with van der Waals surface area (Å²) in [6.07, 6.45) is 0.365. The molecule has 0 aliphatic carbocycles. The molecule has 0 saturated carbocycles. The molecule has 0 bridgehead atoms. The molecule has 0 spiro atoms. The zero-order chi connectivity index (χ0) is 18.0. The molecule has 2 aliphatic heterocycles.